The monoisotopic (exact) mass is 332 g/mol. The fraction of sp³-hybridized carbons (Fsp3) is 0.222. The highest BCUT2D eigenvalue weighted by Gasteiger charge is 2.63. The maximum Gasteiger partial charge on any atom is 0.463 e. The quantitative estimate of drug-likeness (QED) is 0.645. The number of alkyl halides is 5. The van der Waals surface area contributed by atoms with Crippen molar-refractivity contribution in [3.8, 4) is 0 Å². The number of benzene rings is 1. The summed E-state index contributed by atoms with van der Waals surface area (Å²) < 4.78 is 61.5. The van der Waals surface area contributed by atoms with Crippen LogP contribution in [0, 0.1) is 0 Å². The molecule has 0 aliphatic heterocycles. The fourth-order valence-corrected chi connectivity index (χ4v) is 1.36. The molecule has 3 nitrogen and oxygen atoms in total. The molecule has 1 rings (SSSR count). The van der Waals surface area contributed by atoms with E-state index in [4.69, 9.17) is 5.73 Å². The number of hydrogen-bond acceptors (Lipinski definition) is 2. The molecular weight excluding hydrogens is 327 g/mol. The summed E-state index contributed by atoms with van der Waals surface area (Å²) in [4.78, 5) is 10.9. The maximum atomic E-state index is 12.6. The van der Waals surface area contributed by atoms with Crippen LogP contribution in [0.3, 0.4) is 0 Å². The van der Waals surface area contributed by atoms with Crippen LogP contribution in [0.15, 0.2) is 22.7 Å². The highest BCUT2D eigenvalue weighted by Crippen LogP contribution is 2.36. The first-order valence-electron chi connectivity index (χ1n) is 4.36. The van der Waals surface area contributed by atoms with Gasteiger partial charge in [-0.15, -0.1) is 0 Å². The lowest BCUT2D eigenvalue weighted by Crippen LogP contribution is -2.47. The van der Waals surface area contributed by atoms with Crippen LogP contribution in [0.2, 0.25) is 0 Å². The van der Waals surface area contributed by atoms with Gasteiger partial charge in [0.15, 0.2) is 0 Å². The van der Waals surface area contributed by atoms with Crippen LogP contribution in [-0.2, 0) is 4.79 Å². The molecule has 1 amide bonds. The zero-order valence-corrected chi connectivity index (χ0v) is 10.1. The number of amides is 1. The second-order valence-corrected chi connectivity index (χ2v) is 4.17. The first kappa shape index (κ1) is 14.7. The highest BCUT2D eigenvalue weighted by atomic mass is 79.9. The van der Waals surface area contributed by atoms with E-state index in [0.717, 1.165) is 6.07 Å². The third kappa shape index (κ3) is 2.89. The van der Waals surface area contributed by atoms with Crippen molar-refractivity contribution < 1.29 is 26.7 Å². The SMILES string of the molecule is Nc1cc(Br)ccc1NC(=O)C(F)(F)C(F)(F)F. The first-order chi connectivity index (χ1) is 8.05. The number of hydrogen-bond donors (Lipinski definition) is 2. The Balaban J connectivity index is 2.95. The van der Waals surface area contributed by atoms with Gasteiger partial charge in [-0.1, -0.05) is 15.9 Å². The van der Waals surface area contributed by atoms with E-state index in [-0.39, 0.29) is 11.4 Å². The van der Waals surface area contributed by atoms with Crippen molar-refractivity contribution in [3.63, 3.8) is 0 Å². The molecule has 0 bridgehead atoms. The Morgan fingerprint density at radius 1 is 1.22 bits per heavy atom. The molecule has 3 N–H and O–H groups in total. The molecular formula is C9H6BrF5N2O. The molecule has 0 fully saturated rings. The van der Waals surface area contributed by atoms with E-state index in [0.29, 0.717) is 4.47 Å². The number of nitrogens with two attached hydrogens (primary N) is 1. The van der Waals surface area contributed by atoms with Crippen LogP contribution < -0.4 is 11.1 Å². The van der Waals surface area contributed by atoms with Crippen molar-refractivity contribution in [1.29, 1.82) is 0 Å². The zero-order valence-electron chi connectivity index (χ0n) is 8.49. The van der Waals surface area contributed by atoms with Gasteiger partial charge in [0, 0.05) is 4.47 Å². The van der Waals surface area contributed by atoms with Crippen molar-refractivity contribution in [2.75, 3.05) is 11.1 Å². The van der Waals surface area contributed by atoms with E-state index >= 15 is 0 Å². The Kier molecular flexibility index (Phi) is 3.84. The minimum atomic E-state index is -5.96. The van der Waals surface area contributed by atoms with Crippen LogP contribution in [-0.4, -0.2) is 18.0 Å². The van der Waals surface area contributed by atoms with E-state index in [2.05, 4.69) is 15.9 Å². The van der Waals surface area contributed by atoms with E-state index in [9.17, 15) is 26.7 Å². The largest absolute Gasteiger partial charge is 0.463 e. The van der Waals surface area contributed by atoms with E-state index in [1.165, 1.54) is 17.4 Å². The van der Waals surface area contributed by atoms with Gasteiger partial charge in [-0.05, 0) is 18.2 Å². The molecule has 0 aromatic heterocycles. The topological polar surface area (TPSA) is 55.1 Å². The summed E-state index contributed by atoms with van der Waals surface area (Å²) in [6.45, 7) is 0. The second kappa shape index (κ2) is 4.71. The standard InChI is InChI=1S/C9H6BrF5N2O/c10-4-1-2-6(5(16)3-4)17-7(18)8(11,12)9(13,14)15/h1-3H,16H2,(H,17,18). The Labute approximate surface area is 106 Å². The third-order valence-corrected chi connectivity index (χ3v) is 2.40. The molecule has 0 radical (unpaired) electrons. The molecule has 100 valence electrons. The lowest BCUT2D eigenvalue weighted by Gasteiger charge is -2.19. The normalized spacial score (nSPS) is 12.3. The summed E-state index contributed by atoms with van der Waals surface area (Å²) in [7, 11) is 0. The molecule has 0 unspecified atom stereocenters. The number of carbonyl (C=O) groups excluding carboxylic acids is 1. The van der Waals surface area contributed by atoms with Crippen LogP contribution in [0.25, 0.3) is 0 Å². The average Bonchev–Trinajstić information content (AvgIpc) is 2.20. The molecule has 0 aliphatic carbocycles. The van der Waals surface area contributed by atoms with Crippen molar-refractivity contribution >= 4 is 33.2 Å². The lowest BCUT2D eigenvalue weighted by molar-refractivity contribution is -0.267. The van der Waals surface area contributed by atoms with Gasteiger partial charge in [-0.3, -0.25) is 4.79 Å². The summed E-state index contributed by atoms with van der Waals surface area (Å²) in [5.74, 6) is -7.96. The van der Waals surface area contributed by atoms with Crippen molar-refractivity contribution in [2.45, 2.75) is 12.1 Å². The van der Waals surface area contributed by atoms with Gasteiger partial charge in [-0.25, -0.2) is 0 Å². The summed E-state index contributed by atoms with van der Waals surface area (Å²) >= 11 is 3.01. The van der Waals surface area contributed by atoms with Crippen LogP contribution in [0.1, 0.15) is 0 Å². The van der Waals surface area contributed by atoms with Gasteiger partial charge in [0.1, 0.15) is 0 Å². The zero-order chi connectivity index (χ0) is 14.1. The van der Waals surface area contributed by atoms with Gasteiger partial charge in [-0.2, -0.15) is 22.0 Å². The molecule has 0 atom stereocenters. The molecule has 0 saturated heterocycles. The Morgan fingerprint density at radius 3 is 2.22 bits per heavy atom. The second-order valence-electron chi connectivity index (χ2n) is 3.26. The lowest BCUT2D eigenvalue weighted by atomic mass is 10.2. The average molecular weight is 333 g/mol. The number of nitrogen functional groups attached to an aromatic ring is 1. The molecule has 9 heteroatoms. The Morgan fingerprint density at radius 2 is 1.78 bits per heavy atom. The number of anilines is 2. The van der Waals surface area contributed by atoms with Gasteiger partial charge < -0.3 is 11.1 Å². The van der Waals surface area contributed by atoms with Crippen LogP contribution in [0.4, 0.5) is 33.3 Å². The molecule has 0 heterocycles. The third-order valence-electron chi connectivity index (χ3n) is 1.90. The van der Waals surface area contributed by atoms with Gasteiger partial charge in [0.25, 0.3) is 0 Å². The number of halogens is 6. The smallest absolute Gasteiger partial charge is 0.397 e. The number of rotatable bonds is 2. The van der Waals surface area contributed by atoms with Crippen LogP contribution in [0.5, 0.6) is 0 Å². The minimum Gasteiger partial charge on any atom is -0.397 e. The molecule has 1 aromatic carbocycles. The summed E-state index contributed by atoms with van der Waals surface area (Å²) in [5, 5.41) is 1.43. The van der Waals surface area contributed by atoms with Gasteiger partial charge in [0.2, 0.25) is 0 Å². The minimum absolute atomic E-state index is 0.143. The fourth-order valence-electron chi connectivity index (χ4n) is 0.977. The maximum absolute atomic E-state index is 12.6. The Hall–Kier alpha value is -1.38. The first-order valence-corrected chi connectivity index (χ1v) is 5.16. The summed E-state index contributed by atoms with van der Waals surface area (Å²) in [6, 6.07) is 3.68. The van der Waals surface area contributed by atoms with E-state index in [1.54, 1.807) is 0 Å². The number of carbonyl (C=O) groups is 1. The van der Waals surface area contributed by atoms with Crippen molar-refractivity contribution in [1.82, 2.24) is 0 Å². The van der Waals surface area contributed by atoms with Gasteiger partial charge >= 0.3 is 18.0 Å². The number of nitrogens with one attached hydrogen (secondary N) is 1. The molecule has 1 aromatic rings. The predicted molar refractivity (Wildman–Crippen MR) is 58.2 cm³/mol. The highest BCUT2D eigenvalue weighted by molar-refractivity contribution is 9.10. The Bertz CT molecular complexity index is 475. The summed E-state index contributed by atoms with van der Waals surface area (Å²) in [5.41, 5.74) is 4.88. The predicted octanol–water partition coefficient (Wildman–Crippen LogP) is 3.17. The van der Waals surface area contributed by atoms with Gasteiger partial charge in [0.05, 0.1) is 11.4 Å². The molecule has 0 aliphatic rings. The van der Waals surface area contributed by atoms with Crippen LogP contribution >= 0.6 is 15.9 Å². The van der Waals surface area contributed by atoms with Crippen molar-refractivity contribution in [3.05, 3.63) is 22.7 Å². The summed E-state index contributed by atoms with van der Waals surface area (Å²) in [6.07, 6.45) is -5.96. The van der Waals surface area contributed by atoms with E-state index in [1.807, 2.05) is 0 Å². The molecule has 0 spiro atoms. The van der Waals surface area contributed by atoms with Crippen molar-refractivity contribution in [2.24, 2.45) is 0 Å². The van der Waals surface area contributed by atoms with E-state index < -0.39 is 18.0 Å². The molecule has 18 heavy (non-hydrogen) atoms. The molecule has 0 saturated carbocycles.